The highest BCUT2D eigenvalue weighted by molar-refractivity contribution is 6.36. The maximum atomic E-state index is 6.36. The molecule has 1 nitrogen and oxygen atoms in total. The van der Waals surface area contributed by atoms with Crippen molar-refractivity contribution in [2.75, 3.05) is 0 Å². The standard InChI is InChI=1S/C16H11Cl2N/c17-13-8-4-9-14(18)15(13)16(10-5-11-19-16)12-6-2-1-3-7-12/h1-11H. The Morgan fingerprint density at radius 1 is 0.842 bits per heavy atom. The van der Waals surface area contributed by atoms with Crippen molar-refractivity contribution in [2.24, 2.45) is 4.99 Å². The summed E-state index contributed by atoms with van der Waals surface area (Å²) in [5.41, 5.74) is 1.26. The van der Waals surface area contributed by atoms with Gasteiger partial charge in [-0.2, -0.15) is 0 Å². The Hall–Kier alpha value is -1.57. The SMILES string of the molecule is Clc1cccc(Cl)c1C1(c2ccccc2)C=CC=N1. The lowest BCUT2D eigenvalue weighted by Gasteiger charge is -2.27. The molecule has 0 aliphatic carbocycles. The molecule has 0 fully saturated rings. The van der Waals surface area contributed by atoms with Gasteiger partial charge in [0.25, 0.3) is 0 Å². The van der Waals surface area contributed by atoms with Crippen LogP contribution < -0.4 is 0 Å². The minimum Gasteiger partial charge on any atom is -0.273 e. The van der Waals surface area contributed by atoms with Gasteiger partial charge < -0.3 is 0 Å². The zero-order valence-electron chi connectivity index (χ0n) is 10.1. The first-order chi connectivity index (χ1) is 9.24. The molecule has 19 heavy (non-hydrogen) atoms. The molecule has 0 bridgehead atoms. The molecule has 1 atom stereocenters. The van der Waals surface area contributed by atoms with E-state index in [0.29, 0.717) is 10.0 Å². The molecule has 1 unspecified atom stereocenters. The van der Waals surface area contributed by atoms with E-state index in [1.165, 1.54) is 0 Å². The third-order valence-corrected chi connectivity index (χ3v) is 3.89. The lowest BCUT2D eigenvalue weighted by Crippen LogP contribution is -2.22. The fraction of sp³-hybridized carbons (Fsp3) is 0.0625. The summed E-state index contributed by atoms with van der Waals surface area (Å²) in [6.45, 7) is 0. The lowest BCUT2D eigenvalue weighted by molar-refractivity contribution is 0.701. The highest BCUT2D eigenvalue weighted by atomic mass is 35.5. The molecule has 3 heteroatoms. The number of aliphatic imine (C=N–C) groups is 1. The van der Waals surface area contributed by atoms with Crippen LogP contribution in [0.3, 0.4) is 0 Å². The summed E-state index contributed by atoms with van der Waals surface area (Å²) in [6, 6.07) is 15.6. The van der Waals surface area contributed by atoms with Crippen LogP contribution in [-0.2, 0) is 5.54 Å². The van der Waals surface area contributed by atoms with E-state index in [0.717, 1.165) is 11.1 Å². The molecular weight excluding hydrogens is 277 g/mol. The first-order valence-electron chi connectivity index (χ1n) is 5.97. The summed E-state index contributed by atoms with van der Waals surface area (Å²) in [5.74, 6) is 0. The van der Waals surface area contributed by atoms with Crippen molar-refractivity contribution in [1.29, 1.82) is 0 Å². The Bertz CT molecular complexity index is 627. The van der Waals surface area contributed by atoms with E-state index in [9.17, 15) is 0 Å². The van der Waals surface area contributed by atoms with Crippen LogP contribution >= 0.6 is 23.2 Å². The molecular formula is C16H11Cl2N. The number of nitrogens with zero attached hydrogens (tertiary/aromatic N) is 1. The molecule has 0 amide bonds. The summed E-state index contributed by atoms with van der Waals surface area (Å²) in [4.78, 5) is 4.62. The number of hydrogen-bond donors (Lipinski definition) is 0. The second-order valence-electron chi connectivity index (χ2n) is 4.37. The van der Waals surface area contributed by atoms with Gasteiger partial charge in [0.2, 0.25) is 0 Å². The van der Waals surface area contributed by atoms with Gasteiger partial charge in [-0.1, -0.05) is 59.6 Å². The molecule has 1 aliphatic heterocycles. The van der Waals surface area contributed by atoms with Crippen molar-refractivity contribution < 1.29 is 0 Å². The molecule has 0 saturated carbocycles. The van der Waals surface area contributed by atoms with Crippen molar-refractivity contribution in [1.82, 2.24) is 0 Å². The Balaban J connectivity index is 2.29. The van der Waals surface area contributed by atoms with Gasteiger partial charge in [0.1, 0.15) is 5.54 Å². The average Bonchev–Trinajstić information content (AvgIpc) is 2.90. The van der Waals surface area contributed by atoms with Gasteiger partial charge in [-0.15, -0.1) is 0 Å². The van der Waals surface area contributed by atoms with Crippen LogP contribution in [0.4, 0.5) is 0 Å². The van der Waals surface area contributed by atoms with Crippen LogP contribution in [0.15, 0.2) is 65.7 Å². The Kier molecular flexibility index (Phi) is 3.17. The van der Waals surface area contributed by atoms with Crippen molar-refractivity contribution in [3.63, 3.8) is 0 Å². The first-order valence-corrected chi connectivity index (χ1v) is 6.73. The molecule has 0 aromatic heterocycles. The topological polar surface area (TPSA) is 12.4 Å². The van der Waals surface area contributed by atoms with E-state index in [-0.39, 0.29) is 0 Å². The largest absolute Gasteiger partial charge is 0.273 e. The van der Waals surface area contributed by atoms with Gasteiger partial charge in [-0.25, -0.2) is 0 Å². The van der Waals surface area contributed by atoms with Gasteiger partial charge >= 0.3 is 0 Å². The normalized spacial score (nSPS) is 20.9. The van der Waals surface area contributed by atoms with Crippen molar-refractivity contribution >= 4 is 29.4 Å². The lowest BCUT2D eigenvalue weighted by atomic mass is 9.84. The molecule has 0 radical (unpaired) electrons. The minimum atomic E-state index is -0.614. The Labute approximate surface area is 122 Å². The van der Waals surface area contributed by atoms with Crippen molar-refractivity contribution in [2.45, 2.75) is 5.54 Å². The maximum Gasteiger partial charge on any atom is 0.132 e. The molecule has 2 aromatic rings. The number of halogens is 2. The van der Waals surface area contributed by atoms with Gasteiger partial charge in [0.15, 0.2) is 0 Å². The van der Waals surface area contributed by atoms with Crippen LogP contribution in [0.5, 0.6) is 0 Å². The molecule has 94 valence electrons. The van der Waals surface area contributed by atoms with Crippen LogP contribution in [0.2, 0.25) is 10.0 Å². The molecule has 1 aliphatic rings. The zero-order valence-corrected chi connectivity index (χ0v) is 11.6. The second-order valence-corrected chi connectivity index (χ2v) is 5.18. The molecule has 0 spiro atoms. The molecule has 2 aromatic carbocycles. The summed E-state index contributed by atoms with van der Waals surface area (Å²) in [7, 11) is 0. The maximum absolute atomic E-state index is 6.36. The second kappa shape index (κ2) is 4.84. The number of rotatable bonds is 2. The first kappa shape index (κ1) is 12.5. The summed E-state index contributed by atoms with van der Waals surface area (Å²) >= 11 is 12.7. The van der Waals surface area contributed by atoms with E-state index >= 15 is 0 Å². The third kappa shape index (κ3) is 1.99. The predicted molar refractivity (Wildman–Crippen MR) is 81.3 cm³/mol. The van der Waals surface area contributed by atoms with Gasteiger partial charge in [0.05, 0.1) is 0 Å². The number of allylic oxidation sites excluding steroid dienone is 1. The highest BCUT2D eigenvalue weighted by Gasteiger charge is 2.36. The molecule has 1 heterocycles. The van der Waals surface area contributed by atoms with E-state index in [4.69, 9.17) is 23.2 Å². The highest BCUT2D eigenvalue weighted by Crippen LogP contribution is 2.44. The quantitative estimate of drug-likeness (QED) is 0.747. The van der Waals surface area contributed by atoms with Crippen LogP contribution in [0, 0.1) is 0 Å². The summed E-state index contributed by atoms with van der Waals surface area (Å²) in [6.07, 6.45) is 5.73. The van der Waals surface area contributed by atoms with Crippen LogP contribution in [0.25, 0.3) is 0 Å². The third-order valence-electron chi connectivity index (χ3n) is 3.26. The van der Waals surface area contributed by atoms with E-state index < -0.39 is 5.54 Å². The Morgan fingerprint density at radius 3 is 2.11 bits per heavy atom. The average molecular weight is 288 g/mol. The fourth-order valence-electron chi connectivity index (χ4n) is 2.40. The van der Waals surface area contributed by atoms with Crippen LogP contribution in [-0.4, -0.2) is 6.21 Å². The van der Waals surface area contributed by atoms with E-state index in [2.05, 4.69) is 4.99 Å². The van der Waals surface area contributed by atoms with Crippen LogP contribution in [0.1, 0.15) is 11.1 Å². The van der Waals surface area contributed by atoms with Gasteiger partial charge in [0, 0.05) is 21.8 Å². The molecule has 3 rings (SSSR count). The summed E-state index contributed by atoms with van der Waals surface area (Å²) in [5, 5.41) is 1.25. The predicted octanol–water partition coefficient (Wildman–Crippen LogP) is 4.88. The van der Waals surface area contributed by atoms with Crippen molar-refractivity contribution in [3.8, 4) is 0 Å². The van der Waals surface area contributed by atoms with Gasteiger partial charge in [-0.05, 0) is 29.8 Å². The monoisotopic (exact) mass is 287 g/mol. The molecule has 0 saturated heterocycles. The summed E-state index contributed by atoms with van der Waals surface area (Å²) < 4.78 is 0. The van der Waals surface area contributed by atoms with E-state index in [1.807, 2.05) is 60.7 Å². The van der Waals surface area contributed by atoms with E-state index in [1.54, 1.807) is 6.21 Å². The minimum absolute atomic E-state index is 0.614. The zero-order chi connectivity index (χ0) is 13.3. The Morgan fingerprint density at radius 2 is 1.53 bits per heavy atom. The number of hydrogen-bond acceptors (Lipinski definition) is 1. The smallest absolute Gasteiger partial charge is 0.132 e. The van der Waals surface area contributed by atoms with Crippen molar-refractivity contribution in [3.05, 3.63) is 81.9 Å². The number of benzene rings is 2. The van der Waals surface area contributed by atoms with Gasteiger partial charge in [-0.3, -0.25) is 4.99 Å². The fourth-order valence-corrected chi connectivity index (χ4v) is 3.09. The molecule has 0 N–H and O–H groups in total.